The Hall–Kier alpha value is -2.65. The van der Waals surface area contributed by atoms with Gasteiger partial charge in [0.2, 0.25) is 0 Å². The summed E-state index contributed by atoms with van der Waals surface area (Å²) < 4.78 is 29.7. The van der Waals surface area contributed by atoms with Gasteiger partial charge in [0.15, 0.2) is 0 Å². The van der Waals surface area contributed by atoms with Crippen LogP contribution in [0.25, 0.3) is 0 Å². The van der Waals surface area contributed by atoms with Gasteiger partial charge in [-0.15, -0.1) is 0 Å². The molecular formula is C32H40O9. The molecule has 1 aromatic heterocycles. The quantitative estimate of drug-likeness (QED) is 0.240. The number of epoxide rings is 1. The van der Waals surface area contributed by atoms with Crippen molar-refractivity contribution in [2.75, 3.05) is 7.11 Å². The largest absolute Gasteiger partial charge is 0.472 e. The zero-order valence-electron chi connectivity index (χ0n) is 24.6. The maximum Gasteiger partial charge on any atom is 0.333 e. The fourth-order valence-corrected chi connectivity index (χ4v) is 11.0. The number of ether oxygens (including phenoxy) is 4. The van der Waals surface area contributed by atoms with Crippen LogP contribution in [0.2, 0.25) is 0 Å². The Kier molecular flexibility index (Phi) is 5.47. The molecule has 222 valence electrons. The van der Waals surface area contributed by atoms with Gasteiger partial charge in [-0.25, -0.2) is 4.79 Å². The number of methoxy groups -OCH3 is 1. The maximum absolute atomic E-state index is 13.2. The van der Waals surface area contributed by atoms with Crippen LogP contribution in [0.15, 0.2) is 34.7 Å². The van der Waals surface area contributed by atoms with Gasteiger partial charge in [-0.05, 0) is 51.0 Å². The summed E-state index contributed by atoms with van der Waals surface area (Å²) in [4.78, 5) is 39.3. The number of aliphatic hydroxyl groups is 1. The van der Waals surface area contributed by atoms with Gasteiger partial charge in [-0.2, -0.15) is 0 Å². The molecule has 9 heteroatoms. The summed E-state index contributed by atoms with van der Waals surface area (Å²) in [6, 6.07) is 1.85. The van der Waals surface area contributed by atoms with E-state index in [4.69, 9.17) is 23.4 Å². The topological polar surface area (TPSA) is 125 Å². The summed E-state index contributed by atoms with van der Waals surface area (Å²) in [7, 11) is 1.38. The first-order chi connectivity index (χ1) is 19.3. The molecule has 1 N–H and O–H groups in total. The Morgan fingerprint density at radius 1 is 1.20 bits per heavy atom. The Balaban J connectivity index is 1.37. The van der Waals surface area contributed by atoms with Crippen molar-refractivity contribution in [1.29, 1.82) is 0 Å². The maximum atomic E-state index is 13.2. The molecule has 1 aromatic rings. The lowest BCUT2D eigenvalue weighted by molar-refractivity contribution is -0.249. The average Bonchev–Trinajstić information content (AvgIpc) is 3.21. The van der Waals surface area contributed by atoms with Crippen molar-refractivity contribution < 1.29 is 42.9 Å². The van der Waals surface area contributed by atoms with Gasteiger partial charge in [-0.3, -0.25) is 9.59 Å². The summed E-state index contributed by atoms with van der Waals surface area (Å²) in [5.41, 5.74) is -2.41. The van der Waals surface area contributed by atoms with Crippen LogP contribution in [0.3, 0.4) is 0 Å². The van der Waals surface area contributed by atoms with E-state index >= 15 is 0 Å². The van der Waals surface area contributed by atoms with E-state index in [9.17, 15) is 19.5 Å². The molecule has 9 nitrogen and oxygen atoms in total. The minimum absolute atomic E-state index is 0.0966. The van der Waals surface area contributed by atoms with Crippen molar-refractivity contribution in [3.63, 3.8) is 0 Å². The summed E-state index contributed by atoms with van der Waals surface area (Å²) in [6.45, 7) is 9.83. The number of furan rings is 1. The number of fused-ring (bicyclic) bond motifs is 4. The van der Waals surface area contributed by atoms with Crippen LogP contribution in [-0.2, 0) is 33.3 Å². The monoisotopic (exact) mass is 568 g/mol. The molecule has 2 saturated heterocycles. The third-order valence-electron chi connectivity index (χ3n) is 12.9. The van der Waals surface area contributed by atoms with Crippen LogP contribution in [0, 0.1) is 39.9 Å². The Bertz CT molecular complexity index is 1350. The van der Waals surface area contributed by atoms with E-state index in [0.29, 0.717) is 12.0 Å². The zero-order chi connectivity index (χ0) is 29.3. The molecule has 2 bridgehead atoms. The molecule has 0 radical (unpaired) electrons. The smallest absolute Gasteiger partial charge is 0.333 e. The summed E-state index contributed by atoms with van der Waals surface area (Å²) in [5.74, 6) is -2.14. The second kappa shape index (κ2) is 8.25. The van der Waals surface area contributed by atoms with Gasteiger partial charge in [0.05, 0.1) is 43.7 Å². The average molecular weight is 569 g/mol. The number of hydrogen-bond donors (Lipinski definition) is 1. The third kappa shape index (κ3) is 3.02. The van der Waals surface area contributed by atoms with Gasteiger partial charge in [0.1, 0.15) is 17.8 Å². The fourth-order valence-electron chi connectivity index (χ4n) is 11.0. The van der Waals surface area contributed by atoms with Gasteiger partial charge in [0.25, 0.3) is 0 Å². The summed E-state index contributed by atoms with van der Waals surface area (Å²) in [5, 5.41) is 12.8. The molecule has 2 aliphatic heterocycles. The van der Waals surface area contributed by atoms with Crippen molar-refractivity contribution >= 4 is 17.9 Å². The van der Waals surface area contributed by atoms with Crippen LogP contribution < -0.4 is 0 Å². The molecule has 41 heavy (non-hydrogen) atoms. The van der Waals surface area contributed by atoms with E-state index in [2.05, 4.69) is 20.8 Å². The second-order valence-electron chi connectivity index (χ2n) is 14.2. The highest BCUT2D eigenvalue weighted by Crippen LogP contribution is 2.85. The van der Waals surface area contributed by atoms with Crippen LogP contribution in [0.5, 0.6) is 0 Å². The lowest BCUT2D eigenvalue weighted by Gasteiger charge is -2.65. The number of carbonyl (C=O) groups excluding carboxylic acids is 3. The molecule has 1 unspecified atom stereocenters. The lowest BCUT2D eigenvalue weighted by atomic mass is 9.39. The zero-order valence-corrected chi connectivity index (χ0v) is 24.6. The minimum atomic E-state index is -1.21. The third-order valence-corrected chi connectivity index (χ3v) is 12.9. The highest BCUT2D eigenvalue weighted by atomic mass is 16.6. The van der Waals surface area contributed by atoms with Crippen LogP contribution in [0.1, 0.15) is 78.4 Å². The van der Waals surface area contributed by atoms with E-state index in [1.165, 1.54) is 7.11 Å². The number of esters is 3. The number of allylic oxidation sites excluding steroid dienone is 1. The highest BCUT2D eigenvalue weighted by Gasteiger charge is 2.93. The number of rotatable bonds is 5. The molecule has 4 aliphatic carbocycles. The predicted octanol–water partition coefficient (Wildman–Crippen LogP) is 4.29. The first-order valence-electron chi connectivity index (χ1n) is 14.9. The van der Waals surface area contributed by atoms with Crippen molar-refractivity contribution in [3.05, 3.63) is 35.8 Å². The number of cyclic esters (lactones) is 1. The normalized spacial score (nSPS) is 50.8. The minimum Gasteiger partial charge on any atom is -0.472 e. The molecule has 7 rings (SSSR count). The van der Waals surface area contributed by atoms with Gasteiger partial charge in [0, 0.05) is 39.7 Å². The van der Waals surface area contributed by atoms with Crippen molar-refractivity contribution in [2.24, 2.45) is 39.9 Å². The van der Waals surface area contributed by atoms with E-state index in [-0.39, 0.29) is 48.6 Å². The molecule has 4 saturated carbocycles. The van der Waals surface area contributed by atoms with Gasteiger partial charge in [-0.1, -0.05) is 26.8 Å². The summed E-state index contributed by atoms with van der Waals surface area (Å²) >= 11 is 0. The highest BCUT2D eigenvalue weighted by molar-refractivity contribution is 5.88. The number of carbonyl (C=O) groups is 3. The lowest BCUT2D eigenvalue weighted by Crippen LogP contribution is -2.72. The molecule has 1 spiro atoms. The van der Waals surface area contributed by atoms with Crippen molar-refractivity contribution in [1.82, 2.24) is 0 Å². The number of hydrogen-bond acceptors (Lipinski definition) is 9. The Morgan fingerprint density at radius 3 is 2.61 bits per heavy atom. The van der Waals surface area contributed by atoms with Gasteiger partial charge >= 0.3 is 17.9 Å². The van der Waals surface area contributed by atoms with Gasteiger partial charge < -0.3 is 28.5 Å². The Labute approximate surface area is 239 Å². The second-order valence-corrected chi connectivity index (χ2v) is 14.2. The molecule has 0 aromatic carbocycles. The first kappa shape index (κ1) is 27.2. The molecule has 0 amide bonds. The van der Waals surface area contributed by atoms with Crippen LogP contribution >= 0.6 is 0 Å². The van der Waals surface area contributed by atoms with Crippen molar-refractivity contribution in [2.45, 2.75) is 96.2 Å². The van der Waals surface area contributed by atoms with E-state index in [1.807, 2.05) is 6.07 Å². The molecule has 3 heterocycles. The van der Waals surface area contributed by atoms with Crippen molar-refractivity contribution in [3.8, 4) is 0 Å². The molecule has 12 atom stereocenters. The molecular weight excluding hydrogens is 528 g/mol. The standard InChI is InChI=1S/C32H40O9/c1-7-16(2)27(35)40-25-23-26-32(41-26)18(30(5)19(12-21(33)37-6)29(25,4)15-31(23,30)36)8-10-28(3)20(32)13-22(34)39-24(28)17-9-11-38-14-17/h7,9,11,14,18-20,23-26,36H,8,10,12-13,15H2,1-6H3/b16-7+/t18-,19+,20-,23?,24+,25-,26-,28-,29-,30-,31+,32-/m1/s1. The van der Waals surface area contributed by atoms with E-state index < -0.39 is 51.5 Å². The van der Waals surface area contributed by atoms with Crippen LogP contribution in [0.4, 0.5) is 0 Å². The first-order valence-corrected chi connectivity index (χ1v) is 14.9. The fraction of sp³-hybridized carbons (Fsp3) is 0.719. The Morgan fingerprint density at radius 2 is 1.95 bits per heavy atom. The predicted molar refractivity (Wildman–Crippen MR) is 143 cm³/mol. The molecule has 6 fully saturated rings. The summed E-state index contributed by atoms with van der Waals surface area (Å²) in [6.07, 6.45) is 5.66. The van der Waals surface area contributed by atoms with Crippen LogP contribution in [-0.4, -0.2) is 53.5 Å². The van der Waals surface area contributed by atoms with E-state index in [0.717, 1.165) is 18.4 Å². The van der Waals surface area contributed by atoms with E-state index in [1.54, 1.807) is 32.4 Å². The molecule has 6 aliphatic rings. The SMILES string of the molecule is C/C=C(\C)C(=O)O[C@@H]1C2[C@H]3O[C@]34[C@@H]3CC(=O)O[C@@H](c5ccoc5)[C@]3(C)CC[C@@H]4[C@]3(C)[C@@H](CC(=O)OC)[C@@]1(C)C[C@]23O.